The van der Waals surface area contributed by atoms with Crippen LogP contribution in [0.15, 0.2) is 57.7 Å². The van der Waals surface area contributed by atoms with E-state index in [0.29, 0.717) is 16.7 Å². The van der Waals surface area contributed by atoms with Gasteiger partial charge in [0.15, 0.2) is 5.43 Å². The summed E-state index contributed by atoms with van der Waals surface area (Å²) >= 11 is 0. The van der Waals surface area contributed by atoms with E-state index in [-0.39, 0.29) is 11.2 Å². The Hall–Kier alpha value is -2.55. The summed E-state index contributed by atoms with van der Waals surface area (Å²) in [5.74, 6) is 0.604. The minimum Gasteiger partial charge on any atom is -0.508 e. The van der Waals surface area contributed by atoms with Crippen LogP contribution >= 0.6 is 0 Å². The third-order valence-corrected chi connectivity index (χ3v) is 3.77. The van der Waals surface area contributed by atoms with Crippen LogP contribution in [-0.2, 0) is 6.42 Å². The maximum atomic E-state index is 12.2. The zero-order valence-electron chi connectivity index (χ0n) is 12.5. The van der Waals surface area contributed by atoms with Gasteiger partial charge in [0, 0.05) is 17.7 Å². The summed E-state index contributed by atoms with van der Waals surface area (Å²) in [7, 11) is 0. The molecule has 0 unspecified atom stereocenters. The van der Waals surface area contributed by atoms with Gasteiger partial charge < -0.3 is 9.52 Å². The first kappa shape index (κ1) is 14.4. The van der Waals surface area contributed by atoms with E-state index in [2.05, 4.69) is 19.1 Å². The molecule has 0 atom stereocenters. The van der Waals surface area contributed by atoms with Crippen molar-refractivity contribution in [3.8, 4) is 17.1 Å². The number of hydrogen-bond donors (Lipinski definition) is 1. The number of unbranched alkanes of at least 4 members (excludes halogenated alkanes) is 1. The predicted molar refractivity (Wildman–Crippen MR) is 88.2 cm³/mol. The van der Waals surface area contributed by atoms with Gasteiger partial charge in [-0.15, -0.1) is 0 Å². The summed E-state index contributed by atoms with van der Waals surface area (Å²) in [4.78, 5) is 12.2. The number of phenolic OH excluding ortho intramolecular Hbond substituents is 1. The average molecular weight is 294 g/mol. The van der Waals surface area contributed by atoms with Gasteiger partial charge in [-0.3, -0.25) is 4.79 Å². The van der Waals surface area contributed by atoms with Crippen molar-refractivity contribution in [1.29, 1.82) is 0 Å². The Morgan fingerprint density at radius 2 is 1.82 bits per heavy atom. The number of phenols is 1. The molecule has 0 fully saturated rings. The third-order valence-electron chi connectivity index (χ3n) is 3.77. The van der Waals surface area contributed by atoms with Crippen LogP contribution in [0.1, 0.15) is 25.3 Å². The fraction of sp³-hybridized carbons (Fsp3) is 0.211. The molecule has 1 N–H and O–H groups in total. The summed E-state index contributed by atoms with van der Waals surface area (Å²) in [6.45, 7) is 2.17. The molecule has 1 heterocycles. The average Bonchev–Trinajstić information content (AvgIpc) is 2.53. The number of hydrogen-bond acceptors (Lipinski definition) is 3. The first-order valence-electron chi connectivity index (χ1n) is 7.53. The van der Waals surface area contributed by atoms with E-state index < -0.39 is 0 Å². The fourth-order valence-corrected chi connectivity index (χ4v) is 2.50. The molecule has 3 nitrogen and oxygen atoms in total. The number of rotatable bonds is 4. The lowest BCUT2D eigenvalue weighted by Crippen LogP contribution is -2.00. The topological polar surface area (TPSA) is 50.4 Å². The number of aromatic hydroxyl groups is 1. The summed E-state index contributed by atoms with van der Waals surface area (Å²) in [6.07, 6.45) is 3.40. The minimum atomic E-state index is -0.105. The first-order valence-corrected chi connectivity index (χ1v) is 7.53. The molecule has 3 heteroatoms. The van der Waals surface area contributed by atoms with E-state index in [9.17, 15) is 9.90 Å². The smallest absolute Gasteiger partial charge is 0.193 e. The molecule has 22 heavy (non-hydrogen) atoms. The van der Waals surface area contributed by atoms with Gasteiger partial charge in [-0.2, -0.15) is 0 Å². The zero-order valence-corrected chi connectivity index (χ0v) is 12.5. The lowest BCUT2D eigenvalue weighted by Gasteiger charge is -2.05. The minimum absolute atomic E-state index is 0.0858. The third kappa shape index (κ3) is 2.89. The monoisotopic (exact) mass is 294 g/mol. The van der Waals surface area contributed by atoms with Crippen molar-refractivity contribution in [3.63, 3.8) is 0 Å². The molecule has 3 aromatic rings. The fourth-order valence-electron chi connectivity index (χ4n) is 2.50. The van der Waals surface area contributed by atoms with Gasteiger partial charge >= 0.3 is 0 Å². The van der Waals surface area contributed by atoms with E-state index in [1.807, 2.05) is 12.1 Å². The highest BCUT2D eigenvalue weighted by Crippen LogP contribution is 2.25. The summed E-state index contributed by atoms with van der Waals surface area (Å²) < 4.78 is 5.77. The van der Waals surface area contributed by atoms with E-state index >= 15 is 0 Å². The normalized spacial score (nSPS) is 11.0. The maximum absolute atomic E-state index is 12.2. The van der Waals surface area contributed by atoms with Gasteiger partial charge in [-0.05, 0) is 30.5 Å². The number of fused-ring (bicyclic) bond motifs is 1. The van der Waals surface area contributed by atoms with Crippen LogP contribution in [0.4, 0.5) is 0 Å². The molecule has 0 aliphatic heterocycles. The van der Waals surface area contributed by atoms with Crippen molar-refractivity contribution < 1.29 is 9.52 Å². The number of aryl methyl sites for hydroxylation is 1. The molecule has 0 saturated carbocycles. The highest BCUT2D eigenvalue weighted by atomic mass is 16.3. The molecule has 0 radical (unpaired) electrons. The molecule has 3 rings (SSSR count). The maximum Gasteiger partial charge on any atom is 0.193 e. The molecule has 2 aromatic carbocycles. The number of benzene rings is 2. The quantitative estimate of drug-likeness (QED) is 0.770. The van der Waals surface area contributed by atoms with Gasteiger partial charge in [0.05, 0.1) is 5.39 Å². The molecule has 0 amide bonds. The van der Waals surface area contributed by atoms with E-state index in [1.165, 1.54) is 36.6 Å². The van der Waals surface area contributed by atoms with Crippen LogP contribution in [0.25, 0.3) is 22.3 Å². The van der Waals surface area contributed by atoms with E-state index in [1.54, 1.807) is 6.07 Å². The van der Waals surface area contributed by atoms with Crippen molar-refractivity contribution in [1.82, 2.24) is 0 Å². The Balaban J connectivity index is 2.00. The lowest BCUT2D eigenvalue weighted by atomic mass is 10.0. The van der Waals surface area contributed by atoms with Gasteiger partial charge in [0.1, 0.15) is 17.1 Å². The van der Waals surface area contributed by atoms with Gasteiger partial charge in [-0.25, -0.2) is 0 Å². The second-order valence-corrected chi connectivity index (χ2v) is 5.46. The van der Waals surface area contributed by atoms with Crippen LogP contribution in [-0.4, -0.2) is 5.11 Å². The predicted octanol–water partition coefficient (Wildman–Crippen LogP) is 4.51. The largest absolute Gasteiger partial charge is 0.508 e. The molecule has 0 aliphatic carbocycles. The van der Waals surface area contributed by atoms with Gasteiger partial charge in [-0.1, -0.05) is 37.6 Å². The SMILES string of the molecule is CCCCc1ccc(-c2cc(=O)c3ccc(O)cc3o2)cc1. The van der Waals surface area contributed by atoms with Crippen LogP contribution in [0.3, 0.4) is 0 Å². The van der Waals surface area contributed by atoms with E-state index in [0.717, 1.165) is 12.0 Å². The van der Waals surface area contributed by atoms with Crippen LogP contribution in [0.5, 0.6) is 5.75 Å². The Labute approximate surface area is 128 Å². The molecule has 0 bridgehead atoms. The Bertz CT molecular complexity index is 845. The summed E-state index contributed by atoms with van der Waals surface area (Å²) in [6, 6.07) is 14.1. The molecule has 112 valence electrons. The second-order valence-electron chi connectivity index (χ2n) is 5.46. The summed E-state index contributed by atoms with van der Waals surface area (Å²) in [5.41, 5.74) is 2.44. The van der Waals surface area contributed by atoms with Crippen molar-refractivity contribution in [3.05, 3.63) is 64.3 Å². The second kappa shape index (κ2) is 6.06. The molecular formula is C19H18O3. The Kier molecular flexibility index (Phi) is 3.96. The molecule has 0 saturated heterocycles. The van der Waals surface area contributed by atoms with E-state index in [4.69, 9.17) is 4.42 Å². The Morgan fingerprint density at radius 1 is 1.05 bits per heavy atom. The zero-order chi connectivity index (χ0) is 15.5. The molecule has 0 spiro atoms. The molecular weight excluding hydrogens is 276 g/mol. The van der Waals surface area contributed by atoms with Crippen LogP contribution in [0, 0.1) is 0 Å². The van der Waals surface area contributed by atoms with Crippen LogP contribution < -0.4 is 5.43 Å². The standard InChI is InChI=1S/C19H18O3/c1-2-3-4-13-5-7-14(8-6-13)18-12-17(21)16-10-9-15(20)11-19(16)22-18/h5-12,20H,2-4H2,1H3. The van der Waals surface area contributed by atoms with Crippen molar-refractivity contribution >= 4 is 11.0 Å². The van der Waals surface area contributed by atoms with Crippen LogP contribution in [0.2, 0.25) is 0 Å². The highest BCUT2D eigenvalue weighted by molar-refractivity contribution is 5.79. The van der Waals surface area contributed by atoms with Crippen molar-refractivity contribution in [2.24, 2.45) is 0 Å². The highest BCUT2D eigenvalue weighted by Gasteiger charge is 2.07. The first-order chi connectivity index (χ1) is 10.7. The van der Waals surface area contributed by atoms with Gasteiger partial charge in [0.2, 0.25) is 0 Å². The molecule has 1 aromatic heterocycles. The van der Waals surface area contributed by atoms with Gasteiger partial charge in [0.25, 0.3) is 0 Å². The summed E-state index contributed by atoms with van der Waals surface area (Å²) in [5, 5.41) is 10.0. The molecule has 0 aliphatic rings. The van der Waals surface area contributed by atoms with Crippen molar-refractivity contribution in [2.75, 3.05) is 0 Å². The lowest BCUT2D eigenvalue weighted by molar-refractivity contribution is 0.474. The van der Waals surface area contributed by atoms with Crippen molar-refractivity contribution in [2.45, 2.75) is 26.2 Å². The Morgan fingerprint density at radius 3 is 2.55 bits per heavy atom.